The molecule has 0 aliphatic rings. The lowest BCUT2D eigenvalue weighted by atomic mass is 10.2. The highest BCUT2D eigenvalue weighted by Crippen LogP contribution is 2.05. The fourth-order valence-corrected chi connectivity index (χ4v) is 2.35. The van der Waals surface area contributed by atoms with E-state index in [1.165, 1.54) is 0 Å². The second kappa shape index (κ2) is 8.68. The summed E-state index contributed by atoms with van der Waals surface area (Å²) in [6.45, 7) is 3.88. The van der Waals surface area contributed by atoms with Crippen molar-refractivity contribution in [3.05, 3.63) is 6.20 Å². The lowest BCUT2D eigenvalue weighted by molar-refractivity contribution is 0.104. The van der Waals surface area contributed by atoms with E-state index in [0.29, 0.717) is 18.3 Å². The number of hydrogen-bond acceptors (Lipinski definition) is 7. The summed E-state index contributed by atoms with van der Waals surface area (Å²) in [5.41, 5.74) is 0. The summed E-state index contributed by atoms with van der Waals surface area (Å²) in [5, 5.41) is 12.9. The Morgan fingerprint density at radius 2 is 2.41 bits per heavy atom. The van der Waals surface area contributed by atoms with Crippen LogP contribution in [0.15, 0.2) is 6.20 Å². The van der Waals surface area contributed by atoms with Crippen molar-refractivity contribution in [2.45, 2.75) is 13.0 Å². The van der Waals surface area contributed by atoms with E-state index in [-0.39, 0.29) is 6.61 Å². The molecule has 1 heterocycles. The Morgan fingerprint density at radius 3 is 3.06 bits per heavy atom. The lowest BCUT2D eigenvalue weighted by Crippen LogP contribution is -2.34. The van der Waals surface area contributed by atoms with E-state index < -0.39 is 6.10 Å². The predicted molar refractivity (Wildman–Crippen MR) is 71.8 cm³/mol. The molecule has 0 aliphatic carbocycles. The van der Waals surface area contributed by atoms with Gasteiger partial charge in [-0.05, 0) is 24.5 Å². The average Bonchev–Trinajstić information content (AvgIpc) is 2.79. The number of ether oxygens (including phenoxy) is 1. The fourth-order valence-electron chi connectivity index (χ4n) is 1.30. The van der Waals surface area contributed by atoms with Crippen LogP contribution in [0.1, 0.15) is 6.92 Å². The van der Waals surface area contributed by atoms with E-state index in [1.54, 1.807) is 6.20 Å². The van der Waals surface area contributed by atoms with Crippen LogP contribution in [0.25, 0.3) is 0 Å². The highest BCUT2D eigenvalue weighted by atomic mass is 32.2. The van der Waals surface area contributed by atoms with Crippen molar-refractivity contribution in [2.75, 3.05) is 31.7 Å². The molecule has 0 amide bonds. The second-order valence-electron chi connectivity index (χ2n) is 3.93. The average molecular weight is 277 g/mol. The molecule has 0 bridgehead atoms. The summed E-state index contributed by atoms with van der Waals surface area (Å²) >= 11 is 2.93. The fraction of sp³-hybridized carbons (Fsp3) is 0.800. The molecule has 2 N–H and O–H groups in total. The van der Waals surface area contributed by atoms with E-state index in [4.69, 9.17) is 4.74 Å². The number of aliphatic hydroxyl groups is 1. The molecule has 17 heavy (non-hydrogen) atoms. The number of nitrogens with one attached hydrogen (secondary N) is 1. The van der Waals surface area contributed by atoms with Crippen LogP contribution in [0.5, 0.6) is 5.88 Å². The Hall–Kier alpha value is -0.370. The van der Waals surface area contributed by atoms with Crippen LogP contribution in [-0.4, -0.2) is 51.7 Å². The van der Waals surface area contributed by atoms with Crippen LogP contribution in [0.2, 0.25) is 0 Å². The summed E-state index contributed by atoms with van der Waals surface area (Å²) in [7, 11) is 0. The molecule has 0 radical (unpaired) electrons. The minimum absolute atomic E-state index is 0.245. The monoisotopic (exact) mass is 277 g/mol. The number of aliphatic hydroxyl groups excluding tert-OH is 1. The van der Waals surface area contributed by atoms with Gasteiger partial charge in [-0.1, -0.05) is 6.92 Å². The van der Waals surface area contributed by atoms with E-state index >= 15 is 0 Å². The summed E-state index contributed by atoms with van der Waals surface area (Å²) in [6, 6.07) is 0. The van der Waals surface area contributed by atoms with Gasteiger partial charge in [-0.25, -0.2) is 0 Å². The Kier molecular flexibility index (Phi) is 7.50. The number of rotatable bonds is 9. The summed E-state index contributed by atoms with van der Waals surface area (Å²) in [5.74, 6) is 2.22. The Morgan fingerprint density at radius 1 is 1.59 bits per heavy atom. The maximum Gasteiger partial charge on any atom is 0.245 e. The van der Waals surface area contributed by atoms with Crippen molar-refractivity contribution >= 4 is 23.5 Å². The van der Waals surface area contributed by atoms with Crippen molar-refractivity contribution in [3.8, 4) is 5.88 Å². The first-order valence-corrected chi connectivity index (χ1v) is 7.63. The van der Waals surface area contributed by atoms with Gasteiger partial charge in [-0.15, -0.1) is 4.37 Å². The largest absolute Gasteiger partial charge is 0.473 e. The molecule has 1 rings (SSSR count). The van der Waals surface area contributed by atoms with E-state index in [1.807, 2.05) is 11.8 Å². The third-order valence-corrected chi connectivity index (χ3v) is 3.45. The molecular formula is C10H19N3O2S2. The second-order valence-corrected chi connectivity index (χ2v) is 5.40. The molecule has 0 aliphatic heterocycles. The number of thioether (sulfide) groups is 1. The number of hydrogen-bond donors (Lipinski definition) is 2. The molecule has 0 spiro atoms. The van der Waals surface area contributed by atoms with Gasteiger partial charge in [0.25, 0.3) is 0 Å². The summed E-state index contributed by atoms with van der Waals surface area (Å²) in [6.07, 6.45) is 3.13. The van der Waals surface area contributed by atoms with Gasteiger partial charge in [0.15, 0.2) is 0 Å². The third kappa shape index (κ3) is 6.82. The topological polar surface area (TPSA) is 67.3 Å². The van der Waals surface area contributed by atoms with Gasteiger partial charge in [0, 0.05) is 6.54 Å². The van der Waals surface area contributed by atoms with Gasteiger partial charge in [0.2, 0.25) is 5.88 Å². The van der Waals surface area contributed by atoms with Crippen molar-refractivity contribution in [3.63, 3.8) is 0 Å². The molecule has 2 atom stereocenters. The molecule has 1 aromatic rings. The quantitative estimate of drug-likeness (QED) is 0.698. The van der Waals surface area contributed by atoms with E-state index in [0.717, 1.165) is 24.0 Å². The van der Waals surface area contributed by atoms with E-state index in [9.17, 15) is 5.11 Å². The zero-order chi connectivity index (χ0) is 12.5. The van der Waals surface area contributed by atoms with E-state index in [2.05, 4.69) is 27.2 Å². The van der Waals surface area contributed by atoms with Gasteiger partial charge in [-0.2, -0.15) is 16.1 Å². The molecule has 0 saturated heterocycles. The molecule has 0 aromatic carbocycles. The van der Waals surface area contributed by atoms with Crippen molar-refractivity contribution in [1.82, 2.24) is 14.1 Å². The van der Waals surface area contributed by atoms with Gasteiger partial charge < -0.3 is 15.2 Å². The number of nitrogens with zero attached hydrogens (tertiary/aromatic N) is 2. The van der Waals surface area contributed by atoms with Gasteiger partial charge >= 0.3 is 0 Å². The molecule has 0 saturated carbocycles. The molecule has 1 aromatic heterocycles. The summed E-state index contributed by atoms with van der Waals surface area (Å²) in [4.78, 5) is 0. The SMILES string of the molecule is CSCC(C)CNCC(O)COc1cnsn1. The van der Waals surface area contributed by atoms with Crippen LogP contribution in [0.3, 0.4) is 0 Å². The van der Waals surface area contributed by atoms with Crippen LogP contribution < -0.4 is 10.1 Å². The maximum atomic E-state index is 9.65. The van der Waals surface area contributed by atoms with Crippen LogP contribution in [-0.2, 0) is 0 Å². The zero-order valence-electron chi connectivity index (χ0n) is 10.1. The molecule has 5 nitrogen and oxygen atoms in total. The molecule has 0 fully saturated rings. The Balaban J connectivity index is 2.03. The van der Waals surface area contributed by atoms with Gasteiger partial charge in [-0.3, -0.25) is 0 Å². The lowest BCUT2D eigenvalue weighted by Gasteiger charge is -2.14. The molecular weight excluding hydrogens is 258 g/mol. The first-order chi connectivity index (χ1) is 8.22. The molecule has 98 valence electrons. The highest BCUT2D eigenvalue weighted by Gasteiger charge is 2.07. The van der Waals surface area contributed by atoms with Crippen LogP contribution in [0.4, 0.5) is 0 Å². The first kappa shape index (κ1) is 14.7. The highest BCUT2D eigenvalue weighted by molar-refractivity contribution is 7.98. The maximum absolute atomic E-state index is 9.65. The molecule has 7 heteroatoms. The summed E-state index contributed by atoms with van der Waals surface area (Å²) < 4.78 is 13.0. The Bertz CT molecular complexity index is 285. The minimum Gasteiger partial charge on any atom is -0.473 e. The van der Waals surface area contributed by atoms with Crippen LogP contribution in [0, 0.1) is 5.92 Å². The minimum atomic E-state index is -0.516. The Labute approximate surface area is 110 Å². The smallest absolute Gasteiger partial charge is 0.245 e. The standard InChI is InChI=1S/C10H19N3O2S2/c1-8(7-16-2)3-11-4-9(14)6-15-10-5-12-17-13-10/h5,8-9,11,14H,3-4,6-7H2,1-2H3. The van der Waals surface area contributed by atoms with Crippen molar-refractivity contribution in [2.24, 2.45) is 5.92 Å². The third-order valence-electron chi connectivity index (χ3n) is 2.09. The normalized spacial score (nSPS) is 14.5. The predicted octanol–water partition coefficient (Wildman–Crippen LogP) is 0.866. The van der Waals surface area contributed by atoms with Gasteiger partial charge in [0.05, 0.1) is 11.7 Å². The van der Waals surface area contributed by atoms with Crippen molar-refractivity contribution in [1.29, 1.82) is 0 Å². The first-order valence-electron chi connectivity index (χ1n) is 5.50. The zero-order valence-corrected chi connectivity index (χ0v) is 11.8. The molecule has 2 unspecified atom stereocenters. The number of aromatic nitrogens is 2. The van der Waals surface area contributed by atoms with Crippen LogP contribution >= 0.6 is 23.5 Å². The van der Waals surface area contributed by atoms with Gasteiger partial charge in [0.1, 0.15) is 18.9 Å². The van der Waals surface area contributed by atoms with Crippen molar-refractivity contribution < 1.29 is 9.84 Å².